The second-order valence-corrected chi connectivity index (χ2v) is 7.37. The molecular weight excluding hydrogens is 357 g/mol. The van der Waals surface area contributed by atoms with Crippen LogP contribution < -0.4 is 5.32 Å². The van der Waals surface area contributed by atoms with Gasteiger partial charge in [0, 0.05) is 48.0 Å². The Labute approximate surface area is 163 Å². The lowest BCUT2D eigenvalue weighted by atomic mass is 10.2. The Hall–Kier alpha value is -2.96. The van der Waals surface area contributed by atoms with Gasteiger partial charge in [-0.25, -0.2) is 19.2 Å². The molecule has 2 amide bonds. The van der Waals surface area contributed by atoms with Crippen molar-refractivity contribution in [3.05, 3.63) is 58.6 Å². The topological polar surface area (TPSA) is 73.9 Å². The van der Waals surface area contributed by atoms with Gasteiger partial charge in [-0.3, -0.25) is 0 Å². The van der Waals surface area contributed by atoms with E-state index in [-0.39, 0.29) is 11.8 Å². The van der Waals surface area contributed by atoms with Crippen molar-refractivity contribution in [1.82, 2.24) is 25.2 Å². The third-order valence-corrected chi connectivity index (χ3v) is 5.20. The minimum absolute atomic E-state index is 0.164. The van der Waals surface area contributed by atoms with E-state index in [4.69, 9.17) is 0 Å². The summed E-state index contributed by atoms with van der Waals surface area (Å²) in [5.74, 6) is 0.520. The quantitative estimate of drug-likeness (QED) is 0.712. The van der Waals surface area contributed by atoms with E-state index in [0.29, 0.717) is 19.5 Å². The molecule has 2 aromatic heterocycles. The highest BCUT2D eigenvalue weighted by Gasteiger charge is 2.17. The van der Waals surface area contributed by atoms with Crippen LogP contribution in [0.15, 0.2) is 24.3 Å². The molecule has 2 N–H and O–H groups in total. The maximum Gasteiger partial charge on any atom is 0.317 e. The van der Waals surface area contributed by atoms with E-state index in [9.17, 15) is 9.18 Å². The number of nitrogens with zero attached hydrogens (tertiary/aromatic N) is 3. The summed E-state index contributed by atoms with van der Waals surface area (Å²) in [6.45, 7) is 2.93. The molecular formula is C21H24FN5O. The predicted molar refractivity (Wildman–Crippen MR) is 106 cm³/mol. The first-order valence-electron chi connectivity index (χ1n) is 9.61. The molecule has 4 rings (SSSR count). The zero-order valence-electron chi connectivity index (χ0n) is 16.2. The molecule has 0 fully saturated rings. The van der Waals surface area contributed by atoms with Gasteiger partial charge >= 0.3 is 6.03 Å². The van der Waals surface area contributed by atoms with Crippen molar-refractivity contribution in [2.24, 2.45) is 0 Å². The Morgan fingerprint density at radius 3 is 3.00 bits per heavy atom. The Kier molecular flexibility index (Phi) is 4.98. The number of benzene rings is 1. The Balaban J connectivity index is 1.31. The van der Waals surface area contributed by atoms with Gasteiger partial charge in [-0.05, 0) is 56.0 Å². The van der Waals surface area contributed by atoms with Crippen LogP contribution >= 0.6 is 0 Å². The van der Waals surface area contributed by atoms with E-state index in [1.807, 2.05) is 13.0 Å². The molecule has 0 saturated carbocycles. The molecule has 1 aromatic carbocycles. The number of nitrogens with one attached hydrogen (secondary N) is 2. The number of aromatic amines is 1. The fourth-order valence-electron chi connectivity index (χ4n) is 3.79. The van der Waals surface area contributed by atoms with Gasteiger partial charge in [-0.15, -0.1) is 0 Å². The number of carbonyl (C=O) groups is 1. The Morgan fingerprint density at radius 2 is 2.14 bits per heavy atom. The fraction of sp³-hybridized carbons (Fsp3) is 0.381. The molecule has 1 aliphatic rings. The predicted octanol–water partition coefficient (Wildman–Crippen LogP) is 3.28. The van der Waals surface area contributed by atoms with Crippen molar-refractivity contribution >= 4 is 16.9 Å². The molecule has 7 heteroatoms. The van der Waals surface area contributed by atoms with Crippen molar-refractivity contribution in [3.63, 3.8) is 0 Å². The summed E-state index contributed by atoms with van der Waals surface area (Å²) in [6, 6.07) is 6.30. The molecule has 3 aromatic rings. The van der Waals surface area contributed by atoms with Crippen LogP contribution in [0.1, 0.15) is 34.9 Å². The summed E-state index contributed by atoms with van der Waals surface area (Å²) in [4.78, 5) is 26.4. The SMILES string of the molecule is Cc1nc(CCNC(=O)N(C)Cc2cc3cc(F)ccc3[nH]2)nc2c1CCC2. The summed E-state index contributed by atoms with van der Waals surface area (Å²) in [6.07, 6.45) is 3.86. The number of halogens is 1. The number of hydrogen-bond acceptors (Lipinski definition) is 3. The Morgan fingerprint density at radius 1 is 1.29 bits per heavy atom. The molecule has 0 radical (unpaired) electrons. The number of carbonyl (C=O) groups excluding carboxylic acids is 1. The lowest BCUT2D eigenvalue weighted by Crippen LogP contribution is -2.38. The number of hydrogen-bond donors (Lipinski definition) is 2. The molecule has 0 saturated heterocycles. The van der Waals surface area contributed by atoms with Crippen LogP contribution in [0.2, 0.25) is 0 Å². The highest BCUT2D eigenvalue weighted by Crippen LogP contribution is 2.22. The fourth-order valence-corrected chi connectivity index (χ4v) is 3.79. The highest BCUT2D eigenvalue weighted by molar-refractivity contribution is 5.80. The normalized spacial score (nSPS) is 13.0. The van der Waals surface area contributed by atoms with Gasteiger partial charge in [-0.1, -0.05) is 0 Å². The number of aryl methyl sites for hydroxylation is 2. The summed E-state index contributed by atoms with van der Waals surface area (Å²) < 4.78 is 13.3. The molecule has 2 heterocycles. The molecule has 0 bridgehead atoms. The van der Waals surface area contributed by atoms with Crippen LogP contribution in [0.25, 0.3) is 10.9 Å². The van der Waals surface area contributed by atoms with E-state index in [1.54, 1.807) is 18.0 Å². The number of H-pyrrole nitrogens is 1. The minimum Gasteiger partial charge on any atom is -0.357 e. The zero-order valence-corrected chi connectivity index (χ0v) is 16.2. The lowest BCUT2D eigenvalue weighted by Gasteiger charge is -2.17. The summed E-state index contributed by atoms with van der Waals surface area (Å²) in [5, 5.41) is 3.71. The molecule has 0 unspecified atom stereocenters. The molecule has 146 valence electrons. The molecule has 0 aliphatic heterocycles. The molecule has 28 heavy (non-hydrogen) atoms. The van der Waals surface area contributed by atoms with Gasteiger partial charge in [0.1, 0.15) is 11.6 Å². The van der Waals surface area contributed by atoms with E-state index < -0.39 is 0 Å². The number of aromatic nitrogens is 3. The number of amides is 2. The molecule has 0 atom stereocenters. The van der Waals surface area contributed by atoms with Gasteiger partial charge in [0.05, 0.1) is 6.54 Å². The van der Waals surface area contributed by atoms with Crippen LogP contribution in [-0.4, -0.2) is 39.5 Å². The van der Waals surface area contributed by atoms with E-state index >= 15 is 0 Å². The van der Waals surface area contributed by atoms with Crippen LogP contribution in [0.3, 0.4) is 0 Å². The van der Waals surface area contributed by atoms with Gasteiger partial charge in [0.2, 0.25) is 0 Å². The van der Waals surface area contributed by atoms with Crippen LogP contribution in [-0.2, 0) is 25.8 Å². The largest absolute Gasteiger partial charge is 0.357 e. The standard InChI is InChI=1S/C21H24FN5O/c1-13-17-4-3-5-19(17)26-20(24-13)8-9-23-21(28)27(2)12-16-11-14-10-15(22)6-7-18(14)25-16/h6-7,10-11,25H,3-5,8-9,12H2,1-2H3,(H,23,28). The lowest BCUT2D eigenvalue weighted by molar-refractivity contribution is 0.206. The van der Waals surface area contributed by atoms with Crippen LogP contribution in [0, 0.1) is 12.7 Å². The first kappa shape index (κ1) is 18.4. The van der Waals surface area contributed by atoms with Crippen molar-refractivity contribution in [3.8, 4) is 0 Å². The van der Waals surface area contributed by atoms with Crippen LogP contribution in [0.4, 0.5) is 9.18 Å². The van der Waals surface area contributed by atoms with E-state index in [2.05, 4.69) is 20.3 Å². The van der Waals surface area contributed by atoms with Crippen molar-refractivity contribution in [2.75, 3.05) is 13.6 Å². The van der Waals surface area contributed by atoms with Crippen molar-refractivity contribution in [1.29, 1.82) is 0 Å². The van der Waals surface area contributed by atoms with E-state index in [1.165, 1.54) is 23.4 Å². The second-order valence-electron chi connectivity index (χ2n) is 7.37. The first-order chi connectivity index (χ1) is 13.5. The number of urea groups is 1. The third-order valence-electron chi connectivity index (χ3n) is 5.20. The summed E-state index contributed by atoms with van der Waals surface area (Å²) in [5.41, 5.74) is 5.24. The molecule has 6 nitrogen and oxygen atoms in total. The maximum atomic E-state index is 13.3. The second kappa shape index (κ2) is 7.58. The van der Waals surface area contributed by atoms with Gasteiger partial charge in [0.25, 0.3) is 0 Å². The summed E-state index contributed by atoms with van der Waals surface area (Å²) >= 11 is 0. The Bertz CT molecular complexity index is 1030. The first-order valence-corrected chi connectivity index (χ1v) is 9.61. The monoisotopic (exact) mass is 381 g/mol. The van der Waals surface area contributed by atoms with Crippen molar-refractivity contribution < 1.29 is 9.18 Å². The smallest absolute Gasteiger partial charge is 0.317 e. The third kappa shape index (κ3) is 3.83. The van der Waals surface area contributed by atoms with Crippen LogP contribution in [0.5, 0.6) is 0 Å². The van der Waals surface area contributed by atoms with E-state index in [0.717, 1.165) is 47.4 Å². The average molecular weight is 381 g/mol. The number of fused-ring (bicyclic) bond motifs is 2. The number of rotatable bonds is 5. The maximum absolute atomic E-state index is 13.3. The average Bonchev–Trinajstić information content (AvgIpc) is 3.27. The highest BCUT2D eigenvalue weighted by atomic mass is 19.1. The minimum atomic E-state index is -0.270. The van der Waals surface area contributed by atoms with Gasteiger partial charge in [0.15, 0.2) is 0 Å². The van der Waals surface area contributed by atoms with Crippen molar-refractivity contribution in [2.45, 2.75) is 39.2 Å². The molecule has 1 aliphatic carbocycles. The summed E-state index contributed by atoms with van der Waals surface area (Å²) in [7, 11) is 1.73. The zero-order chi connectivity index (χ0) is 19.7. The van der Waals surface area contributed by atoms with Gasteiger partial charge in [-0.2, -0.15) is 0 Å². The molecule has 0 spiro atoms. The van der Waals surface area contributed by atoms with Gasteiger partial charge < -0.3 is 15.2 Å².